The Morgan fingerprint density at radius 2 is 1.86 bits per heavy atom. The van der Waals surface area contributed by atoms with Gasteiger partial charge in [-0.2, -0.15) is 0 Å². The molecular weight excluding hydrogens is 340 g/mol. The third-order valence-corrected chi connectivity index (χ3v) is 9.92. The minimum Gasteiger partial charge on any atom is -0.413 e. The molecular formula is C14H25ClN2O3SSi. The second-order valence-corrected chi connectivity index (χ2v) is 14.1. The van der Waals surface area contributed by atoms with Crippen LogP contribution < -0.4 is 4.31 Å². The molecule has 126 valence electrons. The summed E-state index contributed by atoms with van der Waals surface area (Å²) >= 11 is 6.01. The Kier molecular flexibility index (Phi) is 5.71. The van der Waals surface area contributed by atoms with E-state index in [9.17, 15) is 8.42 Å². The molecule has 0 saturated carbocycles. The molecule has 0 amide bonds. The van der Waals surface area contributed by atoms with E-state index < -0.39 is 18.3 Å². The van der Waals surface area contributed by atoms with Gasteiger partial charge in [0, 0.05) is 7.05 Å². The summed E-state index contributed by atoms with van der Waals surface area (Å²) in [6.45, 7) is 11.2. The van der Waals surface area contributed by atoms with Crippen LogP contribution in [0.15, 0.2) is 12.1 Å². The number of anilines is 1. The number of pyridine rings is 1. The number of nitrogens with zero attached hydrogens (tertiary/aromatic N) is 2. The maximum absolute atomic E-state index is 11.6. The number of rotatable bonds is 5. The molecule has 0 aromatic carbocycles. The van der Waals surface area contributed by atoms with Gasteiger partial charge in [-0.3, -0.25) is 4.31 Å². The fourth-order valence-electron chi connectivity index (χ4n) is 1.43. The summed E-state index contributed by atoms with van der Waals surface area (Å²) in [7, 11) is -3.81. The van der Waals surface area contributed by atoms with E-state index in [4.69, 9.17) is 16.0 Å². The first-order chi connectivity index (χ1) is 9.74. The van der Waals surface area contributed by atoms with Crippen molar-refractivity contribution in [3.05, 3.63) is 22.8 Å². The molecule has 5 nitrogen and oxygen atoms in total. The lowest BCUT2D eigenvalue weighted by atomic mass is 10.2. The van der Waals surface area contributed by atoms with Crippen molar-refractivity contribution in [3.63, 3.8) is 0 Å². The van der Waals surface area contributed by atoms with Crippen molar-refractivity contribution in [2.45, 2.75) is 45.5 Å². The zero-order valence-electron chi connectivity index (χ0n) is 14.3. The lowest BCUT2D eigenvalue weighted by molar-refractivity contribution is 0.276. The third kappa shape index (κ3) is 4.94. The molecule has 0 aliphatic carbocycles. The van der Waals surface area contributed by atoms with Gasteiger partial charge in [-0.25, -0.2) is 13.4 Å². The van der Waals surface area contributed by atoms with E-state index in [1.165, 1.54) is 7.05 Å². The van der Waals surface area contributed by atoms with Crippen LogP contribution >= 0.6 is 11.6 Å². The first-order valence-electron chi connectivity index (χ1n) is 6.98. The van der Waals surface area contributed by atoms with Gasteiger partial charge in [0.2, 0.25) is 10.0 Å². The number of aromatic nitrogens is 1. The molecule has 1 aromatic heterocycles. The van der Waals surface area contributed by atoms with Gasteiger partial charge in [0.15, 0.2) is 8.32 Å². The fraction of sp³-hybridized carbons (Fsp3) is 0.643. The lowest BCUT2D eigenvalue weighted by Gasteiger charge is -2.36. The van der Waals surface area contributed by atoms with Crippen LogP contribution in [0.2, 0.25) is 23.3 Å². The molecule has 1 aromatic rings. The highest BCUT2D eigenvalue weighted by Crippen LogP contribution is 2.37. The Morgan fingerprint density at radius 3 is 2.32 bits per heavy atom. The summed E-state index contributed by atoms with van der Waals surface area (Å²) in [6.07, 6.45) is 1.13. The zero-order chi connectivity index (χ0) is 17.3. The van der Waals surface area contributed by atoms with Gasteiger partial charge in [-0.15, -0.1) is 0 Å². The number of hydrogen-bond donors (Lipinski definition) is 0. The van der Waals surface area contributed by atoms with Crippen LogP contribution in [0.3, 0.4) is 0 Å². The molecule has 1 heterocycles. The van der Waals surface area contributed by atoms with Crippen molar-refractivity contribution in [1.29, 1.82) is 0 Å². The van der Waals surface area contributed by atoms with Crippen LogP contribution in [0.25, 0.3) is 0 Å². The zero-order valence-corrected chi connectivity index (χ0v) is 16.8. The van der Waals surface area contributed by atoms with E-state index in [0.29, 0.717) is 12.4 Å². The first-order valence-corrected chi connectivity index (χ1v) is 12.1. The summed E-state index contributed by atoms with van der Waals surface area (Å²) in [5.74, 6) is 0.295. The monoisotopic (exact) mass is 364 g/mol. The van der Waals surface area contributed by atoms with Crippen LogP contribution in [0.1, 0.15) is 26.3 Å². The SMILES string of the molecule is CN(c1cc(CO[Si](C)(C)C(C)(C)C)cc(Cl)n1)S(C)(=O)=O. The molecule has 1 rings (SSSR count). The third-order valence-electron chi connectivity index (χ3n) is 4.07. The van der Waals surface area contributed by atoms with Gasteiger partial charge in [-0.1, -0.05) is 32.4 Å². The van der Waals surface area contributed by atoms with E-state index in [2.05, 4.69) is 38.8 Å². The maximum atomic E-state index is 11.6. The molecule has 0 N–H and O–H groups in total. The van der Waals surface area contributed by atoms with Gasteiger partial charge in [0.25, 0.3) is 0 Å². The van der Waals surface area contributed by atoms with E-state index in [0.717, 1.165) is 16.1 Å². The number of hydrogen-bond acceptors (Lipinski definition) is 4. The second-order valence-electron chi connectivity index (χ2n) is 6.94. The van der Waals surface area contributed by atoms with Crippen LogP contribution in [0.5, 0.6) is 0 Å². The highest BCUT2D eigenvalue weighted by molar-refractivity contribution is 7.92. The molecule has 0 bridgehead atoms. The maximum Gasteiger partial charge on any atom is 0.233 e. The van der Waals surface area contributed by atoms with Gasteiger partial charge in [-0.05, 0) is 35.8 Å². The molecule has 0 saturated heterocycles. The van der Waals surface area contributed by atoms with Crippen molar-refractivity contribution >= 4 is 35.8 Å². The molecule has 22 heavy (non-hydrogen) atoms. The summed E-state index contributed by atoms with van der Waals surface area (Å²) in [4.78, 5) is 4.06. The molecule has 0 aliphatic heterocycles. The van der Waals surface area contributed by atoms with Gasteiger partial charge >= 0.3 is 0 Å². The van der Waals surface area contributed by atoms with Gasteiger partial charge in [0.05, 0.1) is 12.9 Å². The quantitative estimate of drug-likeness (QED) is 0.591. The topological polar surface area (TPSA) is 59.5 Å². The molecule has 0 unspecified atom stereocenters. The Labute approximate surface area is 139 Å². The van der Waals surface area contributed by atoms with Crippen LogP contribution in [-0.2, 0) is 21.1 Å². The van der Waals surface area contributed by atoms with E-state index in [-0.39, 0.29) is 10.2 Å². The minimum absolute atomic E-state index is 0.107. The van der Waals surface area contributed by atoms with Crippen molar-refractivity contribution in [2.24, 2.45) is 0 Å². The average molecular weight is 365 g/mol. The molecule has 0 spiro atoms. The molecule has 8 heteroatoms. The average Bonchev–Trinajstić information content (AvgIpc) is 2.32. The van der Waals surface area contributed by atoms with Crippen molar-refractivity contribution in [3.8, 4) is 0 Å². The van der Waals surface area contributed by atoms with E-state index in [1.54, 1.807) is 12.1 Å². The Bertz CT molecular complexity index is 642. The Balaban J connectivity index is 3.01. The summed E-state index contributed by atoms with van der Waals surface area (Å²) in [5.41, 5.74) is 0.815. The molecule has 0 atom stereocenters. The Morgan fingerprint density at radius 1 is 1.32 bits per heavy atom. The predicted octanol–water partition coefficient (Wildman–Crippen LogP) is 3.65. The standard InChI is InChI=1S/C14H25ClN2O3SSi/c1-14(2,3)22(6,7)20-10-11-8-12(15)16-13(9-11)17(4)21(5,18)19/h8-9H,10H2,1-7H3. The largest absolute Gasteiger partial charge is 0.413 e. The fourth-order valence-corrected chi connectivity index (χ4v) is 3.05. The van der Waals surface area contributed by atoms with E-state index in [1.807, 2.05) is 0 Å². The van der Waals surface area contributed by atoms with Gasteiger partial charge < -0.3 is 4.43 Å². The van der Waals surface area contributed by atoms with Crippen LogP contribution in [0, 0.1) is 0 Å². The van der Waals surface area contributed by atoms with Crippen molar-refractivity contribution in [1.82, 2.24) is 4.98 Å². The normalized spacial score (nSPS) is 13.3. The smallest absolute Gasteiger partial charge is 0.233 e. The van der Waals surface area contributed by atoms with Crippen molar-refractivity contribution in [2.75, 3.05) is 17.6 Å². The predicted molar refractivity (Wildman–Crippen MR) is 94.5 cm³/mol. The first kappa shape index (κ1) is 19.4. The van der Waals surface area contributed by atoms with Gasteiger partial charge in [0.1, 0.15) is 11.0 Å². The second kappa shape index (κ2) is 6.47. The number of sulfonamides is 1. The highest BCUT2D eigenvalue weighted by Gasteiger charge is 2.37. The summed E-state index contributed by atoms with van der Waals surface area (Å²) < 4.78 is 30.5. The summed E-state index contributed by atoms with van der Waals surface area (Å²) in [5, 5.41) is 0.359. The molecule has 0 fully saturated rings. The summed E-state index contributed by atoms with van der Waals surface area (Å²) in [6, 6.07) is 3.40. The Hall–Kier alpha value is -0.633. The van der Waals surface area contributed by atoms with Crippen LogP contribution in [-0.4, -0.2) is 35.0 Å². The van der Waals surface area contributed by atoms with Crippen molar-refractivity contribution < 1.29 is 12.8 Å². The highest BCUT2D eigenvalue weighted by atomic mass is 35.5. The molecule has 0 radical (unpaired) electrons. The minimum atomic E-state index is -3.38. The molecule has 0 aliphatic rings. The number of halogens is 1. The van der Waals surface area contributed by atoms with Crippen LogP contribution in [0.4, 0.5) is 5.82 Å². The van der Waals surface area contributed by atoms with E-state index >= 15 is 0 Å². The lowest BCUT2D eigenvalue weighted by Crippen LogP contribution is -2.40.